The number of hydrazone groups is 1. The Kier molecular flexibility index (Phi) is 7.00. The Labute approximate surface area is 170 Å². The first kappa shape index (κ1) is 20.6. The largest absolute Gasteiger partial charge is 0.497 e. The van der Waals surface area contributed by atoms with Crippen LogP contribution in [0.4, 0.5) is 0 Å². The number of nitrogens with one attached hydrogen (secondary N) is 1. The van der Waals surface area contributed by atoms with Crippen LogP contribution in [-0.4, -0.2) is 31.6 Å². The minimum Gasteiger partial charge on any atom is -0.497 e. The summed E-state index contributed by atoms with van der Waals surface area (Å²) in [5.41, 5.74) is 4.99. The van der Waals surface area contributed by atoms with Gasteiger partial charge in [0.25, 0.3) is 0 Å². The maximum Gasteiger partial charge on any atom is 0.243 e. The summed E-state index contributed by atoms with van der Waals surface area (Å²) in [6.07, 6.45) is 3.47. The second-order valence-corrected chi connectivity index (χ2v) is 7.04. The van der Waals surface area contributed by atoms with Gasteiger partial charge >= 0.3 is 0 Å². The van der Waals surface area contributed by atoms with Crippen molar-refractivity contribution in [3.8, 4) is 11.5 Å². The molecule has 1 fully saturated rings. The molecule has 0 atom stereocenters. The van der Waals surface area contributed by atoms with E-state index in [1.807, 2.05) is 24.3 Å². The van der Waals surface area contributed by atoms with Crippen molar-refractivity contribution in [3.05, 3.63) is 59.7 Å². The third-order valence-electron chi connectivity index (χ3n) is 4.90. The topological polar surface area (TPSA) is 77.0 Å². The molecule has 29 heavy (non-hydrogen) atoms. The first-order valence-electron chi connectivity index (χ1n) is 9.79. The zero-order valence-corrected chi connectivity index (χ0v) is 16.8. The smallest absolute Gasteiger partial charge is 0.243 e. The molecule has 1 N–H and O–H groups in total. The Bertz CT molecular complexity index is 869. The molecule has 0 bridgehead atoms. The third-order valence-corrected chi connectivity index (χ3v) is 4.90. The van der Waals surface area contributed by atoms with E-state index in [0.29, 0.717) is 24.8 Å². The molecule has 1 aliphatic carbocycles. The lowest BCUT2D eigenvalue weighted by atomic mass is 10.0. The number of ether oxygens (including phenoxy) is 2. The lowest BCUT2D eigenvalue weighted by Gasteiger charge is -2.09. The van der Waals surface area contributed by atoms with Gasteiger partial charge in [-0.2, -0.15) is 5.10 Å². The van der Waals surface area contributed by atoms with Crippen molar-refractivity contribution in [2.24, 2.45) is 11.0 Å². The number of hydrogen-bond acceptors (Lipinski definition) is 5. The molecular weight excluding hydrogens is 368 g/mol. The lowest BCUT2D eigenvalue weighted by Crippen LogP contribution is -2.21. The van der Waals surface area contributed by atoms with E-state index < -0.39 is 0 Å². The SMILES string of the molecule is COc1ccc(C(=O)CCCC(=NNC(=O)C2CC2)c2ccc(OC)cc2)cc1. The highest BCUT2D eigenvalue weighted by atomic mass is 16.5. The van der Waals surface area contributed by atoms with Crippen LogP contribution in [0.25, 0.3) is 0 Å². The fourth-order valence-corrected chi connectivity index (χ4v) is 2.95. The molecule has 3 rings (SSSR count). The van der Waals surface area contributed by atoms with E-state index in [9.17, 15) is 9.59 Å². The van der Waals surface area contributed by atoms with E-state index in [1.54, 1.807) is 38.5 Å². The Balaban J connectivity index is 1.62. The quantitative estimate of drug-likeness (QED) is 0.376. The molecule has 1 saturated carbocycles. The van der Waals surface area contributed by atoms with Gasteiger partial charge in [0.2, 0.25) is 5.91 Å². The second-order valence-electron chi connectivity index (χ2n) is 7.04. The monoisotopic (exact) mass is 394 g/mol. The van der Waals surface area contributed by atoms with Gasteiger partial charge in [0.05, 0.1) is 19.9 Å². The van der Waals surface area contributed by atoms with Gasteiger partial charge in [-0.1, -0.05) is 0 Å². The summed E-state index contributed by atoms with van der Waals surface area (Å²) in [4.78, 5) is 24.4. The first-order valence-corrected chi connectivity index (χ1v) is 9.79. The van der Waals surface area contributed by atoms with E-state index >= 15 is 0 Å². The van der Waals surface area contributed by atoms with Crippen LogP contribution < -0.4 is 14.9 Å². The normalized spacial score (nSPS) is 13.7. The predicted molar refractivity (Wildman–Crippen MR) is 112 cm³/mol. The number of benzene rings is 2. The van der Waals surface area contributed by atoms with Crippen LogP contribution in [0.2, 0.25) is 0 Å². The van der Waals surface area contributed by atoms with Crippen LogP contribution in [-0.2, 0) is 4.79 Å². The number of hydrogen-bond donors (Lipinski definition) is 1. The fraction of sp³-hybridized carbons (Fsp3) is 0.348. The molecule has 0 aromatic heterocycles. The molecule has 0 spiro atoms. The van der Waals surface area contributed by atoms with Gasteiger partial charge in [-0.05, 0) is 79.8 Å². The van der Waals surface area contributed by atoms with Crippen molar-refractivity contribution >= 4 is 17.4 Å². The number of rotatable bonds is 10. The van der Waals surface area contributed by atoms with Gasteiger partial charge in [-0.25, -0.2) is 5.43 Å². The van der Waals surface area contributed by atoms with Crippen molar-refractivity contribution in [1.82, 2.24) is 5.43 Å². The molecule has 6 heteroatoms. The number of methoxy groups -OCH3 is 2. The Hall–Kier alpha value is -3.15. The standard InChI is InChI=1S/C23H26N2O4/c1-28-19-12-8-16(9-13-19)21(24-25-23(27)18-6-7-18)4-3-5-22(26)17-10-14-20(29-2)15-11-17/h8-15,18H,3-7H2,1-2H3,(H,25,27). The van der Waals surface area contributed by atoms with Crippen LogP contribution in [0.15, 0.2) is 53.6 Å². The van der Waals surface area contributed by atoms with Crippen LogP contribution in [0.3, 0.4) is 0 Å². The molecule has 0 heterocycles. The highest BCUT2D eigenvalue weighted by Gasteiger charge is 2.29. The number of carbonyl (C=O) groups is 2. The molecule has 2 aromatic carbocycles. The summed E-state index contributed by atoms with van der Waals surface area (Å²) < 4.78 is 10.3. The summed E-state index contributed by atoms with van der Waals surface area (Å²) in [6, 6.07) is 14.6. The zero-order valence-electron chi connectivity index (χ0n) is 16.8. The van der Waals surface area contributed by atoms with Crippen LogP contribution in [0.5, 0.6) is 11.5 Å². The van der Waals surface area contributed by atoms with Crippen LogP contribution in [0.1, 0.15) is 48.0 Å². The molecule has 0 aliphatic heterocycles. The molecule has 2 aromatic rings. The average molecular weight is 394 g/mol. The number of nitrogens with zero attached hydrogens (tertiary/aromatic N) is 1. The van der Waals surface area contributed by atoms with Gasteiger partial charge in [-0.15, -0.1) is 0 Å². The van der Waals surface area contributed by atoms with Gasteiger partial charge in [-0.3, -0.25) is 9.59 Å². The Morgan fingerprint density at radius 3 is 1.97 bits per heavy atom. The maximum absolute atomic E-state index is 12.4. The highest BCUT2D eigenvalue weighted by Crippen LogP contribution is 2.28. The van der Waals surface area contributed by atoms with Crippen molar-refractivity contribution < 1.29 is 19.1 Å². The molecular formula is C23H26N2O4. The molecule has 0 radical (unpaired) electrons. The van der Waals surface area contributed by atoms with Gasteiger partial charge in [0.1, 0.15) is 11.5 Å². The van der Waals surface area contributed by atoms with E-state index in [1.165, 1.54) is 0 Å². The van der Waals surface area contributed by atoms with E-state index in [-0.39, 0.29) is 17.6 Å². The molecule has 1 aliphatic rings. The van der Waals surface area contributed by atoms with Crippen LogP contribution in [0, 0.1) is 5.92 Å². The summed E-state index contributed by atoms with van der Waals surface area (Å²) >= 11 is 0. The number of carbonyl (C=O) groups excluding carboxylic acids is 2. The van der Waals surface area contributed by atoms with Crippen molar-refractivity contribution in [1.29, 1.82) is 0 Å². The molecule has 6 nitrogen and oxygen atoms in total. The zero-order chi connectivity index (χ0) is 20.6. The lowest BCUT2D eigenvalue weighted by molar-refractivity contribution is -0.122. The summed E-state index contributed by atoms with van der Waals surface area (Å²) in [5, 5.41) is 4.35. The molecule has 1 amide bonds. The summed E-state index contributed by atoms with van der Waals surface area (Å²) in [6.45, 7) is 0. The molecule has 0 saturated heterocycles. The minimum absolute atomic E-state index is 0.0367. The van der Waals surface area contributed by atoms with E-state index in [0.717, 1.165) is 35.6 Å². The van der Waals surface area contributed by atoms with E-state index in [4.69, 9.17) is 9.47 Å². The molecule has 0 unspecified atom stereocenters. The van der Waals surface area contributed by atoms with Crippen LogP contribution >= 0.6 is 0 Å². The number of Topliss-reactive ketones (excluding diaryl/α,β-unsaturated/α-hetero) is 1. The Morgan fingerprint density at radius 1 is 0.897 bits per heavy atom. The summed E-state index contributed by atoms with van der Waals surface area (Å²) in [7, 11) is 3.21. The average Bonchev–Trinajstić information content (AvgIpc) is 3.61. The van der Waals surface area contributed by atoms with E-state index in [2.05, 4.69) is 10.5 Å². The third kappa shape index (κ3) is 5.91. The number of amides is 1. The van der Waals surface area contributed by atoms with Gasteiger partial charge in [0, 0.05) is 17.9 Å². The van der Waals surface area contributed by atoms with Crippen molar-refractivity contribution in [2.45, 2.75) is 32.1 Å². The van der Waals surface area contributed by atoms with Gasteiger partial charge < -0.3 is 9.47 Å². The van der Waals surface area contributed by atoms with Gasteiger partial charge in [0.15, 0.2) is 5.78 Å². The second kappa shape index (κ2) is 9.87. The minimum atomic E-state index is -0.0367. The first-order chi connectivity index (χ1) is 14.1. The highest BCUT2D eigenvalue weighted by molar-refractivity contribution is 6.02. The maximum atomic E-state index is 12.4. The van der Waals surface area contributed by atoms with Crippen molar-refractivity contribution in [2.75, 3.05) is 14.2 Å². The predicted octanol–water partition coefficient (Wildman–Crippen LogP) is 3.99. The summed E-state index contributed by atoms with van der Waals surface area (Å²) in [5.74, 6) is 1.60. The van der Waals surface area contributed by atoms with Crippen molar-refractivity contribution in [3.63, 3.8) is 0 Å². The molecule has 152 valence electrons. The fourth-order valence-electron chi connectivity index (χ4n) is 2.95. The number of ketones is 1. The Morgan fingerprint density at radius 2 is 1.45 bits per heavy atom.